The van der Waals surface area contributed by atoms with Gasteiger partial charge in [-0.3, -0.25) is 9.36 Å². The van der Waals surface area contributed by atoms with Crippen molar-refractivity contribution in [2.45, 2.75) is 46.1 Å². The van der Waals surface area contributed by atoms with Gasteiger partial charge in [-0.2, -0.15) is 5.21 Å². The summed E-state index contributed by atoms with van der Waals surface area (Å²) < 4.78 is 7.21. The van der Waals surface area contributed by atoms with Crippen LogP contribution in [0.2, 0.25) is 0 Å². The number of aromatic nitrogens is 7. The molecule has 2 aromatic carbocycles. The van der Waals surface area contributed by atoms with Gasteiger partial charge < -0.3 is 4.52 Å². The lowest BCUT2D eigenvalue weighted by Crippen LogP contribution is -2.26. The van der Waals surface area contributed by atoms with Crippen molar-refractivity contribution in [2.24, 2.45) is 0 Å². The van der Waals surface area contributed by atoms with Crippen molar-refractivity contribution >= 4 is 11.0 Å². The Balaban J connectivity index is 1.52. The van der Waals surface area contributed by atoms with Crippen molar-refractivity contribution < 1.29 is 4.52 Å². The molecule has 3 heterocycles. The predicted molar refractivity (Wildman–Crippen MR) is 128 cm³/mol. The number of benzene rings is 2. The minimum atomic E-state index is -0.107. The minimum absolute atomic E-state index is 0.0449. The first-order valence-electron chi connectivity index (χ1n) is 11.4. The monoisotopic (exact) mass is 455 g/mol. The lowest BCUT2D eigenvalue weighted by molar-refractivity contribution is 0.377. The molecule has 0 saturated heterocycles. The van der Waals surface area contributed by atoms with Crippen LogP contribution in [0.25, 0.3) is 33.5 Å². The van der Waals surface area contributed by atoms with E-state index in [1.807, 2.05) is 62.4 Å². The molecule has 5 rings (SSSR count). The van der Waals surface area contributed by atoms with Crippen LogP contribution in [-0.4, -0.2) is 35.3 Å². The first-order chi connectivity index (χ1) is 16.6. The fraction of sp³-hybridized carbons (Fsp3) is 0.280. The van der Waals surface area contributed by atoms with E-state index in [2.05, 4.69) is 37.7 Å². The molecule has 0 spiro atoms. The Morgan fingerprint density at radius 2 is 1.82 bits per heavy atom. The highest BCUT2D eigenvalue weighted by molar-refractivity contribution is 5.80. The number of tetrazole rings is 1. The van der Waals surface area contributed by atoms with Crippen molar-refractivity contribution in [1.82, 2.24) is 35.3 Å². The first-order valence-corrected chi connectivity index (χ1v) is 11.4. The number of nitrogens with zero attached hydrogens (tertiary/aromatic N) is 6. The highest BCUT2D eigenvalue weighted by atomic mass is 16.5. The third-order valence-electron chi connectivity index (χ3n) is 5.82. The smallest absolute Gasteiger partial charge is 0.267 e. The van der Waals surface area contributed by atoms with Crippen LogP contribution in [-0.2, 0) is 13.0 Å². The summed E-state index contributed by atoms with van der Waals surface area (Å²) in [6, 6.07) is 16.1. The number of rotatable bonds is 7. The molecule has 5 aromatic rings. The molecule has 0 amide bonds. The lowest BCUT2D eigenvalue weighted by atomic mass is 9.98. The van der Waals surface area contributed by atoms with E-state index >= 15 is 0 Å². The number of hydrogen-bond donors (Lipinski definition) is 1. The average molecular weight is 456 g/mol. The Morgan fingerprint density at radius 1 is 1.06 bits per heavy atom. The van der Waals surface area contributed by atoms with Crippen molar-refractivity contribution in [3.63, 3.8) is 0 Å². The Labute approximate surface area is 195 Å². The quantitative estimate of drug-likeness (QED) is 0.388. The zero-order chi connectivity index (χ0) is 23.7. The molecule has 9 nitrogen and oxygen atoms in total. The van der Waals surface area contributed by atoms with Gasteiger partial charge in [0.05, 0.1) is 6.54 Å². The maximum atomic E-state index is 13.5. The number of aryl methyl sites for hydroxylation is 1. The molecule has 0 fully saturated rings. The van der Waals surface area contributed by atoms with E-state index < -0.39 is 0 Å². The normalized spacial score (nSPS) is 11.5. The Bertz CT molecular complexity index is 1480. The van der Waals surface area contributed by atoms with Gasteiger partial charge in [0, 0.05) is 17.9 Å². The van der Waals surface area contributed by atoms with Crippen molar-refractivity contribution in [3.05, 3.63) is 76.0 Å². The largest absolute Gasteiger partial charge is 0.358 e. The van der Waals surface area contributed by atoms with Crippen LogP contribution in [0.5, 0.6) is 0 Å². The van der Waals surface area contributed by atoms with E-state index in [9.17, 15) is 4.79 Å². The number of hydrogen-bond acceptors (Lipinski definition) is 7. The first kappa shape index (κ1) is 21.7. The Hall–Kier alpha value is -4.14. The summed E-state index contributed by atoms with van der Waals surface area (Å²) in [7, 11) is 0. The number of nitrogens with one attached hydrogen (secondary N) is 1. The van der Waals surface area contributed by atoms with Gasteiger partial charge in [0.15, 0.2) is 5.76 Å². The maximum Gasteiger partial charge on any atom is 0.267 e. The van der Waals surface area contributed by atoms with Crippen LogP contribution < -0.4 is 5.56 Å². The predicted octanol–water partition coefficient (Wildman–Crippen LogP) is 4.36. The van der Waals surface area contributed by atoms with Crippen LogP contribution in [0.3, 0.4) is 0 Å². The molecule has 172 valence electrons. The topological polar surface area (TPSA) is 115 Å². The van der Waals surface area contributed by atoms with Crippen molar-refractivity contribution in [2.75, 3.05) is 0 Å². The molecule has 34 heavy (non-hydrogen) atoms. The van der Waals surface area contributed by atoms with Crippen LogP contribution in [0, 0.1) is 0 Å². The van der Waals surface area contributed by atoms with Crippen molar-refractivity contribution in [1.29, 1.82) is 0 Å². The zero-order valence-corrected chi connectivity index (χ0v) is 19.3. The third-order valence-corrected chi connectivity index (χ3v) is 5.82. The molecule has 0 aliphatic carbocycles. The fourth-order valence-corrected chi connectivity index (χ4v) is 4.16. The SMILES string of the molecule is CCCc1nc2noc(C(C)C)c2c(=O)n1Cc1ccc(-c2ccccc2-c2nn[nH]n2)cc1. The van der Waals surface area contributed by atoms with Crippen LogP contribution in [0.15, 0.2) is 57.8 Å². The number of aromatic amines is 1. The second-order valence-corrected chi connectivity index (χ2v) is 8.55. The zero-order valence-electron chi connectivity index (χ0n) is 19.3. The van der Waals surface area contributed by atoms with E-state index in [0.717, 1.165) is 34.5 Å². The molecule has 0 unspecified atom stereocenters. The summed E-state index contributed by atoms with van der Waals surface area (Å²) in [5.74, 6) is 1.89. The summed E-state index contributed by atoms with van der Waals surface area (Å²) >= 11 is 0. The molecular weight excluding hydrogens is 430 g/mol. The van der Waals surface area contributed by atoms with Crippen molar-refractivity contribution in [3.8, 4) is 22.5 Å². The van der Waals surface area contributed by atoms with E-state index in [1.54, 1.807) is 4.57 Å². The minimum Gasteiger partial charge on any atom is -0.358 e. The van der Waals surface area contributed by atoms with Gasteiger partial charge in [0.2, 0.25) is 11.5 Å². The van der Waals surface area contributed by atoms with E-state index in [0.29, 0.717) is 35.6 Å². The third kappa shape index (κ3) is 3.89. The maximum absolute atomic E-state index is 13.5. The number of fused-ring (bicyclic) bond motifs is 1. The Morgan fingerprint density at radius 3 is 2.50 bits per heavy atom. The molecule has 0 aliphatic heterocycles. The molecular formula is C25H25N7O2. The van der Waals surface area contributed by atoms with Crippen LogP contribution in [0.1, 0.15) is 50.3 Å². The molecule has 0 atom stereocenters. The summed E-state index contributed by atoms with van der Waals surface area (Å²) in [6.45, 7) is 6.45. The molecule has 0 aliphatic rings. The van der Waals surface area contributed by atoms with E-state index in [1.165, 1.54) is 0 Å². The molecule has 1 N–H and O–H groups in total. The average Bonchev–Trinajstić information content (AvgIpc) is 3.53. The van der Waals surface area contributed by atoms with Gasteiger partial charge in [0.1, 0.15) is 11.2 Å². The second kappa shape index (κ2) is 9.01. The van der Waals surface area contributed by atoms with Gasteiger partial charge in [-0.1, -0.05) is 74.5 Å². The summed E-state index contributed by atoms with van der Waals surface area (Å²) in [5.41, 5.74) is 4.22. The molecule has 0 radical (unpaired) electrons. The second-order valence-electron chi connectivity index (χ2n) is 8.55. The molecule has 0 bridgehead atoms. The highest BCUT2D eigenvalue weighted by Gasteiger charge is 2.21. The molecule has 3 aromatic heterocycles. The van der Waals surface area contributed by atoms with Crippen LogP contribution >= 0.6 is 0 Å². The standard InChI is InChI=1S/C25H25N7O2/c1-4-7-20-26-24-21(22(15(2)3)34-29-24)25(33)32(20)14-16-10-12-17(13-11-16)18-8-5-6-9-19(18)23-27-30-31-28-23/h5-6,8-13,15H,4,7,14H2,1-3H3,(H,27,28,30,31). The van der Waals surface area contributed by atoms with Gasteiger partial charge in [-0.15, -0.1) is 10.2 Å². The summed E-state index contributed by atoms with van der Waals surface area (Å²) in [4.78, 5) is 18.1. The van der Waals surface area contributed by atoms with E-state index in [-0.39, 0.29) is 11.5 Å². The Kier molecular flexibility index (Phi) is 5.75. The number of H-pyrrole nitrogens is 1. The lowest BCUT2D eigenvalue weighted by Gasteiger charge is -2.13. The van der Waals surface area contributed by atoms with E-state index in [4.69, 9.17) is 4.52 Å². The van der Waals surface area contributed by atoms with Gasteiger partial charge in [-0.25, -0.2) is 4.98 Å². The highest BCUT2D eigenvalue weighted by Crippen LogP contribution is 2.30. The van der Waals surface area contributed by atoms with Gasteiger partial charge >= 0.3 is 0 Å². The molecule has 9 heteroatoms. The van der Waals surface area contributed by atoms with Gasteiger partial charge in [0.25, 0.3) is 5.56 Å². The van der Waals surface area contributed by atoms with Crippen LogP contribution in [0.4, 0.5) is 0 Å². The fourth-order valence-electron chi connectivity index (χ4n) is 4.16. The van der Waals surface area contributed by atoms with Gasteiger partial charge in [-0.05, 0) is 28.3 Å². The molecule has 0 saturated carbocycles. The summed E-state index contributed by atoms with van der Waals surface area (Å²) in [5, 5.41) is 18.9. The summed E-state index contributed by atoms with van der Waals surface area (Å²) in [6.07, 6.45) is 1.56.